The van der Waals surface area contributed by atoms with E-state index >= 15 is 0 Å². The van der Waals surface area contributed by atoms with Gasteiger partial charge < -0.3 is 0 Å². The van der Waals surface area contributed by atoms with Gasteiger partial charge in [-0.05, 0) is 0 Å². The molecule has 0 fully saturated rings. The van der Waals surface area contributed by atoms with Gasteiger partial charge in [-0.1, -0.05) is 0 Å². The first-order valence-corrected chi connectivity index (χ1v) is 3.18. The largest absolute Gasteiger partial charge is 0.255 e. The lowest BCUT2D eigenvalue weighted by Gasteiger charge is -1.74. The predicted molar refractivity (Wildman–Crippen MR) is 41.7 cm³/mol. The van der Waals surface area contributed by atoms with E-state index in [2.05, 4.69) is 10.2 Å². The highest BCUT2D eigenvalue weighted by molar-refractivity contribution is 7.70. The van der Waals surface area contributed by atoms with Gasteiger partial charge in [0.05, 0.1) is 13.4 Å². The fourth-order valence-electron chi connectivity index (χ4n) is 0.388. The quantitative estimate of drug-likeness (QED) is 0.481. The smallest absolute Gasteiger partial charge is 0.185 e. The molecule has 0 aliphatic carbocycles. The summed E-state index contributed by atoms with van der Waals surface area (Å²) in [4.78, 5) is 0.289. The molecule has 0 saturated carbocycles. The van der Waals surface area contributed by atoms with Crippen molar-refractivity contribution in [3.8, 4) is 6.07 Å². The van der Waals surface area contributed by atoms with Gasteiger partial charge in [-0.25, -0.2) is 4.21 Å². The van der Waals surface area contributed by atoms with Crippen LogP contribution in [-0.2, 0) is 11.3 Å². The van der Waals surface area contributed by atoms with E-state index in [1.54, 1.807) is 6.07 Å². The Kier molecular flexibility index (Phi) is 4.77. The van der Waals surface area contributed by atoms with E-state index in [1.165, 1.54) is 6.21 Å². The number of hydrogen-bond acceptors (Lipinski definition) is 4. The van der Waals surface area contributed by atoms with E-state index in [0.29, 0.717) is 7.18 Å². The van der Waals surface area contributed by atoms with Crippen LogP contribution in [0.15, 0.2) is 10.2 Å². The summed E-state index contributed by atoms with van der Waals surface area (Å²) < 4.78 is 19.6. The average Bonchev–Trinajstić information content (AvgIpc) is 2.54. The Balaban J connectivity index is 0.000000461. The van der Waals surface area contributed by atoms with Crippen LogP contribution < -0.4 is 0 Å². The number of hydrogen-bond donors (Lipinski definition) is 0. The molecule has 1 heterocycles. The standard InChI is InChI=1S/C4HN3OS.CH3F/c5-1-3-4(9-8)2-6-7-3;1-2/h2H;1H3. The van der Waals surface area contributed by atoms with Gasteiger partial charge in [0.15, 0.2) is 5.71 Å². The molecule has 0 bridgehead atoms. The highest BCUT2D eigenvalue weighted by atomic mass is 32.1. The molecule has 0 unspecified atom stereocenters. The molecule has 58 valence electrons. The van der Waals surface area contributed by atoms with Crippen molar-refractivity contribution in [3.63, 3.8) is 0 Å². The molecule has 0 aromatic rings. The van der Waals surface area contributed by atoms with Gasteiger partial charge in [0.2, 0.25) is 0 Å². The SMILES string of the molecule is CF.N#CC1=NN=CC1=S=O. The zero-order valence-electron chi connectivity index (χ0n) is 5.61. The van der Waals surface area contributed by atoms with Crippen molar-refractivity contribution in [1.29, 1.82) is 5.26 Å². The molecule has 1 aliphatic heterocycles. The average molecular weight is 173 g/mol. The number of halogens is 1. The molecule has 11 heavy (non-hydrogen) atoms. The molecular formula is C5H4FN3OS. The lowest BCUT2D eigenvalue weighted by Crippen LogP contribution is -2.07. The molecule has 1 aliphatic rings. The van der Waals surface area contributed by atoms with Crippen LogP contribution in [0, 0.1) is 11.3 Å². The van der Waals surface area contributed by atoms with Gasteiger partial charge in [-0.15, -0.1) is 5.10 Å². The Bertz CT molecular complexity index is 285. The molecule has 0 atom stereocenters. The summed E-state index contributed by atoms with van der Waals surface area (Å²) in [7, 11) is 0.500. The Labute approximate surface area is 66.1 Å². The monoisotopic (exact) mass is 173 g/mol. The van der Waals surface area contributed by atoms with E-state index in [0.717, 1.165) is 0 Å². The lowest BCUT2D eigenvalue weighted by atomic mass is 10.3. The maximum absolute atomic E-state index is 10.1. The first-order chi connectivity index (χ1) is 5.38. The van der Waals surface area contributed by atoms with E-state index < -0.39 is 0 Å². The van der Waals surface area contributed by atoms with E-state index in [9.17, 15) is 8.60 Å². The fourth-order valence-corrected chi connectivity index (χ4v) is 0.643. The molecule has 0 radical (unpaired) electrons. The van der Waals surface area contributed by atoms with Gasteiger partial charge in [-0.2, -0.15) is 10.4 Å². The molecule has 1 rings (SSSR count). The maximum atomic E-state index is 10.1. The van der Waals surface area contributed by atoms with Gasteiger partial charge in [0.25, 0.3) is 0 Å². The minimum atomic E-state index is 0.106. The van der Waals surface area contributed by atoms with Crippen LogP contribution in [0.2, 0.25) is 0 Å². The van der Waals surface area contributed by atoms with Crippen LogP contribution in [-0.4, -0.2) is 28.2 Å². The first kappa shape index (κ1) is 9.65. The highest BCUT2D eigenvalue weighted by Crippen LogP contribution is 1.88. The van der Waals surface area contributed by atoms with Crippen molar-refractivity contribution in [3.05, 3.63) is 0 Å². The number of nitrogens with zero attached hydrogens (tertiary/aromatic N) is 3. The van der Waals surface area contributed by atoms with Crippen LogP contribution in [0.5, 0.6) is 0 Å². The number of nitriles is 1. The van der Waals surface area contributed by atoms with Crippen molar-refractivity contribution in [1.82, 2.24) is 0 Å². The second kappa shape index (κ2) is 5.44. The Morgan fingerprint density at radius 2 is 2.36 bits per heavy atom. The summed E-state index contributed by atoms with van der Waals surface area (Å²) in [6.45, 7) is 0. The summed E-state index contributed by atoms with van der Waals surface area (Å²) in [6.07, 6.45) is 1.27. The van der Waals surface area contributed by atoms with Gasteiger partial charge in [0.1, 0.15) is 22.2 Å². The van der Waals surface area contributed by atoms with Gasteiger partial charge in [0, 0.05) is 0 Å². The molecule has 0 aromatic heterocycles. The first-order valence-electron chi connectivity index (χ1n) is 2.44. The summed E-state index contributed by atoms with van der Waals surface area (Å²) in [6, 6.07) is 1.73. The minimum absolute atomic E-state index is 0.106. The highest BCUT2D eigenvalue weighted by Gasteiger charge is 2.09. The third-order valence-electron chi connectivity index (χ3n) is 0.762. The van der Waals surface area contributed by atoms with Crippen LogP contribution in [0.3, 0.4) is 0 Å². The van der Waals surface area contributed by atoms with Crippen molar-refractivity contribution < 1.29 is 8.60 Å². The zero-order valence-corrected chi connectivity index (χ0v) is 6.43. The van der Waals surface area contributed by atoms with Crippen LogP contribution in [0.4, 0.5) is 4.39 Å². The summed E-state index contributed by atoms with van der Waals surface area (Å²) in [5.74, 6) is 0. The molecule has 0 spiro atoms. The third-order valence-corrected chi connectivity index (χ3v) is 1.24. The van der Waals surface area contributed by atoms with Gasteiger partial charge in [-0.3, -0.25) is 4.39 Å². The van der Waals surface area contributed by atoms with Crippen molar-refractivity contribution in [2.45, 2.75) is 0 Å². The fraction of sp³-hybridized carbons (Fsp3) is 0.200. The second-order valence-electron chi connectivity index (χ2n) is 1.25. The molecule has 0 amide bonds. The lowest BCUT2D eigenvalue weighted by molar-refractivity contribution is 0.636. The normalized spacial score (nSPS) is 12.8. The Morgan fingerprint density at radius 1 is 1.73 bits per heavy atom. The topological polar surface area (TPSA) is 65.6 Å². The maximum Gasteiger partial charge on any atom is 0.185 e. The predicted octanol–water partition coefficient (Wildman–Crippen LogP) is -0.0785. The third kappa shape index (κ3) is 2.39. The van der Waals surface area contributed by atoms with Gasteiger partial charge >= 0.3 is 0 Å². The number of alkyl halides is 1. The molecule has 0 saturated heterocycles. The van der Waals surface area contributed by atoms with Crippen LogP contribution >= 0.6 is 0 Å². The molecule has 0 N–H and O–H groups in total. The van der Waals surface area contributed by atoms with Crippen LogP contribution in [0.1, 0.15) is 0 Å². The molecule has 0 aromatic carbocycles. The van der Waals surface area contributed by atoms with E-state index in [4.69, 9.17) is 5.26 Å². The number of rotatable bonds is 0. The molecule has 6 heteroatoms. The molecule has 4 nitrogen and oxygen atoms in total. The Morgan fingerprint density at radius 3 is 2.73 bits per heavy atom. The van der Waals surface area contributed by atoms with Crippen LogP contribution in [0.25, 0.3) is 0 Å². The van der Waals surface area contributed by atoms with E-state index in [-0.39, 0.29) is 21.8 Å². The summed E-state index contributed by atoms with van der Waals surface area (Å²) in [5, 5.41) is 15.0. The summed E-state index contributed by atoms with van der Waals surface area (Å²) in [5.41, 5.74) is 0.106. The zero-order chi connectivity index (χ0) is 8.69. The molecular weight excluding hydrogens is 169 g/mol. The van der Waals surface area contributed by atoms with E-state index in [1.807, 2.05) is 0 Å². The minimum Gasteiger partial charge on any atom is -0.255 e. The van der Waals surface area contributed by atoms with Crippen molar-refractivity contribution >= 4 is 28.0 Å². The van der Waals surface area contributed by atoms with Crippen molar-refractivity contribution in [2.24, 2.45) is 10.2 Å². The Hall–Kier alpha value is -1.35. The summed E-state index contributed by atoms with van der Waals surface area (Å²) >= 11 is 0.229. The van der Waals surface area contributed by atoms with Crippen molar-refractivity contribution in [2.75, 3.05) is 7.18 Å². The second-order valence-corrected chi connectivity index (χ2v) is 1.86.